The minimum absolute atomic E-state index is 0.0522. The van der Waals surface area contributed by atoms with E-state index in [-0.39, 0.29) is 17.6 Å². The summed E-state index contributed by atoms with van der Waals surface area (Å²) in [5, 5.41) is 6.49. The van der Waals surface area contributed by atoms with Crippen LogP contribution >= 0.6 is 0 Å². The standard InChI is InChI=1S/C19H26N6O/c1-11-5-3-7-13(9-11)23-18-14(17(21)26)10-22-19(25-18)24-15-8-4-6-12(2)16(15)20/h3,5,7,9-10,12,15-16H,4,6,8,20H2,1-2H3,(H2,21,26)(H2,22,23,24,25)/t12-,15+,16-/m0/s1. The third-order valence-corrected chi connectivity index (χ3v) is 4.95. The normalized spacial score (nSPS) is 22.7. The van der Waals surface area contributed by atoms with E-state index in [9.17, 15) is 4.79 Å². The van der Waals surface area contributed by atoms with Gasteiger partial charge in [0.15, 0.2) is 0 Å². The van der Waals surface area contributed by atoms with E-state index in [1.165, 1.54) is 6.20 Å². The molecular formula is C19H26N6O. The summed E-state index contributed by atoms with van der Waals surface area (Å²) in [6.45, 7) is 4.17. The zero-order valence-electron chi connectivity index (χ0n) is 15.2. The Morgan fingerprint density at radius 3 is 2.85 bits per heavy atom. The van der Waals surface area contributed by atoms with Crippen molar-refractivity contribution in [3.8, 4) is 0 Å². The van der Waals surface area contributed by atoms with Crippen molar-refractivity contribution in [3.05, 3.63) is 41.6 Å². The monoisotopic (exact) mass is 354 g/mol. The topological polar surface area (TPSA) is 119 Å². The molecule has 1 aliphatic rings. The number of carbonyl (C=O) groups is 1. The lowest BCUT2D eigenvalue weighted by molar-refractivity contribution is 0.100. The minimum atomic E-state index is -0.574. The molecule has 26 heavy (non-hydrogen) atoms. The number of carbonyl (C=O) groups excluding carboxylic acids is 1. The molecule has 1 heterocycles. The van der Waals surface area contributed by atoms with Gasteiger partial charge < -0.3 is 22.1 Å². The first-order valence-electron chi connectivity index (χ1n) is 8.96. The summed E-state index contributed by atoms with van der Waals surface area (Å²) < 4.78 is 0. The zero-order valence-corrected chi connectivity index (χ0v) is 15.2. The minimum Gasteiger partial charge on any atom is -0.365 e. The van der Waals surface area contributed by atoms with Gasteiger partial charge in [-0.15, -0.1) is 0 Å². The number of nitrogens with two attached hydrogens (primary N) is 2. The molecule has 0 aliphatic heterocycles. The number of nitrogens with one attached hydrogen (secondary N) is 2. The Labute approximate surface area is 153 Å². The van der Waals surface area contributed by atoms with Crippen molar-refractivity contribution in [3.63, 3.8) is 0 Å². The van der Waals surface area contributed by atoms with Gasteiger partial charge in [0.2, 0.25) is 5.95 Å². The van der Waals surface area contributed by atoms with E-state index in [0.29, 0.717) is 17.7 Å². The van der Waals surface area contributed by atoms with Gasteiger partial charge in [0, 0.05) is 24.0 Å². The molecule has 0 unspecified atom stereocenters. The van der Waals surface area contributed by atoms with E-state index < -0.39 is 5.91 Å². The van der Waals surface area contributed by atoms with Crippen LogP contribution in [0.5, 0.6) is 0 Å². The number of hydrogen-bond donors (Lipinski definition) is 4. The molecule has 2 aromatic rings. The predicted molar refractivity (Wildman–Crippen MR) is 103 cm³/mol. The Balaban J connectivity index is 1.85. The lowest BCUT2D eigenvalue weighted by Gasteiger charge is -2.34. The van der Waals surface area contributed by atoms with E-state index in [1.54, 1.807) is 0 Å². The van der Waals surface area contributed by atoms with Gasteiger partial charge in [0.05, 0.1) is 0 Å². The lowest BCUT2D eigenvalue weighted by atomic mass is 9.83. The second-order valence-electron chi connectivity index (χ2n) is 7.05. The summed E-state index contributed by atoms with van der Waals surface area (Å²) in [6.07, 6.45) is 4.70. The fraction of sp³-hybridized carbons (Fsp3) is 0.421. The highest BCUT2D eigenvalue weighted by atomic mass is 16.1. The lowest BCUT2D eigenvalue weighted by Crippen LogP contribution is -2.47. The largest absolute Gasteiger partial charge is 0.365 e. The first-order valence-corrected chi connectivity index (χ1v) is 8.96. The highest BCUT2D eigenvalue weighted by Gasteiger charge is 2.28. The van der Waals surface area contributed by atoms with Crippen LogP contribution in [-0.4, -0.2) is 28.0 Å². The molecule has 7 heteroatoms. The first-order chi connectivity index (χ1) is 12.4. The maximum atomic E-state index is 11.7. The first kappa shape index (κ1) is 18.1. The zero-order chi connectivity index (χ0) is 18.7. The number of rotatable bonds is 5. The average Bonchev–Trinajstić information content (AvgIpc) is 2.59. The molecule has 138 valence electrons. The van der Waals surface area contributed by atoms with Crippen LogP contribution in [0.4, 0.5) is 17.5 Å². The van der Waals surface area contributed by atoms with Crippen LogP contribution in [0.1, 0.15) is 42.1 Å². The van der Waals surface area contributed by atoms with Gasteiger partial charge in [-0.25, -0.2) is 4.98 Å². The van der Waals surface area contributed by atoms with Crippen LogP contribution in [0, 0.1) is 12.8 Å². The number of hydrogen-bond acceptors (Lipinski definition) is 6. The molecule has 0 bridgehead atoms. The van der Waals surface area contributed by atoms with Gasteiger partial charge >= 0.3 is 0 Å². The van der Waals surface area contributed by atoms with Crippen molar-refractivity contribution in [2.24, 2.45) is 17.4 Å². The van der Waals surface area contributed by atoms with Crippen LogP contribution in [0.2, 0.25) is 0 Å². The van der Waals surface area contributed by atoms with E-state index in [4.69, 9.17) is 11.5 Å². The molecular weight excluding hydrogens is 328 g/mol. The van der Waals surface area contributed by atoms with Crippen molar-refractivity contribution in [1.82, 2.24) is 9.97 Å². The molecule has 3 atom stereocenters. The van der Waals surface area contributed by atoms with E-state index in [0.717, 1.165) is 30.5 Å². The highest BCUT2D eigenvalue weighted by molar-refractivity contribution is 5.98. The van der Waals surface area contributed by atoms with E-state index in [1.807, 2.05) is 31.2 Å². The van der Waals surface area contributed by atoms with E-state index >= 15 is 0 Å². The molecule has 0 spiro atoms. The third-order valence-electron chi connectivity index (χ3n) is 4.95. The second kappa shape index (κ2) is 7.70. The summed E-state index contributed by atoms with van der Waals surface area (Å²) in [5.41, 5.74) is 14.0. The van der Waals surface area contributed by atoms with Gasteiger partial charge in [-0.05, 0) is 43.4 Å². The van der Waals surface area contributed by atoms with Crippen LogP contribution < -0.4 is 22.1 Å². The summed E-state index contributed by atoms with van der Waals surface area (Å²) >= 11 is 0. The number of nitrogens with zero attached hydrogens (tertiary/aromatic N) is 2. The van der Waals surface area contributed by atoms with Gasteiger partial charge in [0.1, 0.15) is 11.4 Å². The number of primary amides is 1. The van der Waals surface area contributed by atoms with Gasteiger partial charge in [-0.1, -0.05) is 25.5 Å². The number of benzene rings is 1. The van der Waals surface area contributed by atoms with Gasteiger partial charge in [-0.2, -0.15) is 4.98 Å². The molecule has 7 nitrogen and oxygen atoms in total. The summed E-state index contributed by atoms with van der Waals surface area (Å²) in [4.78, 5) is 20.5. The molecule has 3 rings (SSSR count). The van der Waals surface area contributed by atoms with E-state index in [2.05, 4.69) is 27.5 Å². The van der Waals surface area contributed by atoms with Crippen molar-refractivity contribution in [2.75, 3.05) is 10.6 Å². The predicted octanol–water partition coefficient (Wildman–Crippen LogP) is 2.56. The summed E-state index contributed by atoms with van der Waals surface area (Å²) in [6, 6.07) is 7.98. The quantitative estimate of drug-likeness (QED) is 0.655. The Morgan fingerprint density at radius 2 is 2.12 bits per heavy atom. The smallest absolute Gasteiger partial charge is 0.254 e. The Kier molecular flexibility index (Phi) is 5.37. The molecule has 6 N–H and O–H groups in total. The Morgan fingerprint density at radius 1 is 1.31 bits per heavy atom. The molecule has 0 radical (unpaired) electrons. The van der Waals surface area contributed by atoms with Crippen molar-refractivity contribution in [1.29, 1.82) is 0 Å². The van der Waals surface area contributed by atoms with Crippen molar-refractivity contribution in [2.45, 2.75) is 45.2 Å². The van der Waals surface area contributed by atoms with Crippen LogP contribution in [0.25, 0.3) is 0 Å². The second-order valence-corrected chi connectivity index (χ2v) is 7.05. The molecule has 1 aromatic carbocycles. The number of aryl methyl sites for hydroxylation is 1. The maximum Gasteiger partial charge on any atom is 0.254 e. The molecule has 1 aromatic heterocycles. The SMILES string of the molecule is Cc1cccc(Nc2nc(N[C@@H]3CCC[C@H](C)[C@@H]3N)ncc2C(N)=O)c1. The molecule has 1 aliphatic carbocycles. The third kappa shape index (κ3) is 4.11. The summed E-state index contributed by atoms with van der Waals surface area (Å²) in [7, 11) is 0. The van der Waals surface area contributed by atoms with Crippen molar-refractivity contribution >= 4 is 23.4 Å². The fourth-order valence-electron chi connectivity index (χ4n) is 3.36. The molecule has 1 fully saturated rings. The Hall–Kier alpha value is -2.67. The average molecular weight is 354 g/mol. The number of anilines is 3. The highest BCUT2D eigenvalue weighted by Crippen LogP contribution is 2.26. The van der Waals surface area contributed by atoms with Crippen LogP contribution in [0.15, 0.2) is 30.5 Å². The molecule has 1 saturated carbocycles. The fourth-order valence-corrected chi connectivity index (χ4v) is 3.36. The van der Waals surface area contributed by atoms with Gasteiger partial charge in [0.25, 0.3) is 5.91 Å². The maximum absolute atomic E-state index is 11.7. The number of aromatic nitrogens is 2. The Bertz CT molecular complexity index is 793. The summed E-state index contributed by atoms with van der Waals surface area (Å²) in [5.74, 6) is 0.712. The van der Waals surface area contributed by atoms with Crippen molar-refractivity contribution < 1.29 is 4.79 Å². The molecule has 1 amide bonds. The van der Waals surface area contributed by atoms with Crippen LogP contribution in [-0.2, 0) is 0 Å². The van der Waals surface area contributed by atoms with Gasteiger partial charge in [-0.3, -0.25) is 4.79 Å². The molecule has 0 saturated heterocycles. The van der Waals surface area contributed by atoms with Crippen LogP contribution in [0.3, 0.4) is 0 Å². The number of amides is 1.